The lowest BCUT2D eigenvalue weighted by atomic mass is 11.1. The Hall–Kier alpha value is -0.0500. The lowest BCUT2D eigenvalue weighted by Crippen LogP contribution is -1.73. The number of aliphatic hydroxyl groups is 1. The molecule has 8 heteroatoms. The van der Waals surface area contributed by atoms with Crippen LogP contribution in [0, 0.1) is 0 Å². The first-order chi connectivity index (χ1) is 6.65. The van der Waals surface area contributed by atoms with Crippen molar-refractivity contribution in [2.75, 3.05) is 12.5 Å². The second kappa shape index (κ2) is 15.4. The minimum Gasteiger partial charge on any atom is -0.494 e. The number of thiol groups is 1. The molecule has 0 fully saturated rings. The summed E-state index contributed by atoms with van der Waals surface area (Å²) in [5.74, 6) is 0. The van der Waals surface area contributed by atoms with Gasteiger partial charge in [-0.3, -0.25) is 0 Å². The molecule has 0 amide bonds. The maximum absolute atomic E-state index is 7.65. The van der Waals surface area contributed by atoms with Crippen LogP contribution in [0.2, 0.25) is 0 Å². The molecule has 1 aromatic heterocycles. The Morgan fingerprint density at radius 2 is 1.36 bits per heavy atom. The van der Waals surface area contributed by atoms with Gasteiger partial charge in [0.1, 0.15) is 19.0 Å². The van der Waals surface area contributed by atoms with Crippen LogP contribution >= 0.6 is 46.4 Å². The fraction of sp³-hybridized carbons (Fsp3) is 0.333. The Morgan fingerprint density at radius 1 is 1.14 bits per heavy atom. The van der Waals surface area contributed by atoms with E-state index in [4.69, 9.17) is 5.11 Å². The van der Waals surface area contributed by atoms with Gasteiger partial charge in [-0.05, 0) is 24.7 Å². The van der Waals surface area contributed by atoms with Crippen molar-refractivity contribution in [3.8, 4) is 0 Å². The molecule has 0 bridgehead atoms. The van der Waals surface area contributed by atoms with Crippen molar-refractivity contribution in [2.24, 2.45) is 0 Å². The van der Waals surface area contributed by atoms with Gasteiger partial charge in [-0.2, -0.15) is 0 Å². The summed E-state index contributed by atoms with van der Waals surface area (Å²) in [7, 11) is 3.55. The van der Waals surface area contributed by atoms with Crippen LogP contribution in [-0.2, 0) is 0 Å². The fourth-order valence-corrected chi connectivity index (χ4v) is 0.205. The van der Waals surface area contributed by atoms with E-state index in [0.717, 1.165) is 0 Å². The normalized spacial score (nSPS) is 7.36. The van der Waals surface area contributed by atoms with Crippen molar-refractivity contribution in [1.29, 1.82) is 0 Å². The molecular formula is C6H11N3OS4. The van der Waals surface area contributed by atoms with Crippen molar-refractivity contribution < 1.29 is 5.11 Å². The number of rotatable bonds is 1. The molecule has 0 aliphatic carbocycles. The highest BCUT2D eigenvalue weighted by Gasteiger charge is 1.60. The van der Waals surface area contributed by atoms with Crippen LogP contribution in [0.1, 0.15) is 0 Å². The van der Waals surface area contributed by atoms with Gasteiger partial charge in [0.2, 0.25) is 4.38 Å². The first-order valence-corrected chi connectivity index (χ1v) is 7.01. The minimum atomic E-state index is -0.306. The number of aliphatic hydroxyl groups excluding tert-OH is 1. The molecule has 4 nitrogen and oxygen atoms in total. The van der Waals surface area contributed by atoms with E-state index < -0.39 is 0 Å². The number of nitrogens with zero attached hydrogens (tertiary/aromatic N) is 3. The number of hydrogen-bond acceptors (Lipinski definition) is 6. The lowest BCUT2D eigenvalue weighted by Gasteiger charge is -1.69. The van der Waals surface area contributed by atoms with Gasteiger partial charge in [0.25, 0.3) is 0 Å². The molecule has 1 aromatic rings. The first-order valence-electron chi connectivity index (χ1n) is 3.18. The molecule has 1 N–H and O–H groups in total. The predicted molar refractivity (Wildman–Crippen MR) is 71.1 cm³/mol. The molecule has 0 unspecified atom stereocenters. The molecule has 1 heterocycles. The van der Waals surface area contributed by atoms with Crippen molar-refractivity contribution in [3.05, 3.63) is 19.0 Å². The van der Waals surface area contributed by atoms with E-state index in [1.165, 1.54) is 19.0 Å². The number of hydrogen-bond donors (Lipinski definition) is 2. The smallest absolute Gasteiger partial charge is 0.214 e. The average molecular weight is 269 g/mol. The minimum absolute atomic E-state index is 0.306. The van der Waals surface area contributed by atoms with Crippen LogP contribution in [0.25, 0.3) is 0 Å². The van der Waals surface area contributed by atoms with E-state index in [0.29, 0.717) is 0 Å². The quantitative estimate of drug-likeness (QED) is 0.461. The third-order valence-electron chi connectivity index (χ3n) is 0.567. The summed E-state index contributed by atoms with van der Waals surface area (Å²) in [6, 6.07) is 0. The molecule has 0 saturated heterocycles. The fourth-order valence-electron chi connectivity index (χ4n) is 0.205. The van der Waals surface area contributed by atoms with Gasteiger partial charge in [-0.15, -0.1) is 0 Å². The van der Waals surface area contributed by atoms with Crippen LogP contribution < -0.4 is 0 Å². The van der Waals surface area contributed by atoms with Gasteiger partial charge in [0, 0.05) is 0 Å². The van der Waals surface area contributed by atoms with Crippen LogP contribution in [0.5, 0.6) is 0 Å². The van der Waals surface area contributed by atoms with Crippen molar-refractivity contribution in [2.45, 2.75) is 0 Å². The first kappa shape index (κ1) is 16.4. The van der Waals surface area contributed by atoms with Crippen molar-refractivity contribution >= 4 is 50.8 Å². The van der Waals surface area contributed by atoms with Gasteiger partial charge in [0.15, 0.2) is 0 Å². The van der Waals surface area contributed by atoms with Gasteiger partial charge in [-0.25, -0.2) is 15.0 Å². The SMILES string of the molecule is CSSC.OC(=S)S.c1ncncn1. The van der Waals surface area contributed by atoms with Gasteiger partial charge in [-0.1, -0.05) is 34.2 Å². The number of aromatic nitrogens is 3. The van der Waals surface area contributed by atoms with Crippen molar-refractivity contribution in [1.82, 2.24) is 15.0 Å². The average Bonchev–Trinajstić information content (AvgIpc) is 2.20. The lowest BCUT2D eigenvalue weighted by molar-refractivity contribution is 0.586. The third kappa shape index (κ3) is 29.7. The van der Waals surface area contributed by atoms with Crippen LogP contribution in [0.15, 0.2) is 19.0 Å². The maximum atomic E-state index is 7.65. The van der Waals surface area contributed by atoms with E-state index in [2.05, 4.69) is 52.3 Å². The predicted octanol–water partition coefficient (Wildman–Crippen LogP) is 2.26. The van der Waals surface area contributed by atoms with Gasteiger partial charge in [0.05, 0.1) is 0 Å². The Bertz CT molecular complexity index is 179. The van der Waals surface area contributed by atoms with E-state index >= 15 is 0 Å². The van der Waals surface area contributed by atoms with E-state index in [1.807, 2.05) is 0 Å². The van der Waals surface area contributed by atoms with E-state index in [9.17, 15) is 0 Å². The molecular weight excluding hydrogens is 258 g/mol. The Morgan fingerprint density at radius 3 is 1.43 bits per heavy atom. The molecule has 0 aromatic carbocycles. The standard InChI is InChI=1S/C3H3N3.C2H6S2.CH2OS2/c1-4-2-6-3-5-1;1-3-4-2;2-1(3)4/h1-3H;1-2H3;(H2,2,3,4). The maximum Gasteiger partial charge on any atom is 0.214 e. The second-order valence-electron chi connectivity index (χ2n) is 1.41. The summed E-state index contributed by atoms with van der Waals surface area (Å²) >= 11 is 7.21. The zero-order chi connectivity index (χ0) is 11.2. The highest BCUT2D eigenvalue weighted by Crippen LogP contribution is 2.09. The monoisotopic (exact) mass is 269 g/mol. The molecule has 0 aliphatic rings. The molecule has 0 saturated carbocycles. The molecule has 0 radical (unpaired) electrons. The number of thiocarbonyl (C=S) groups is 1. The third-order valence-corrected chi connectivity index (χ3v) is 1.90. The largest absolute Gasteiger partial charge is 0.494 e. The van der Waals surface area contributed by atoms with Crippen LogP contribution in [-0.4, -0.2) is 37.0 Å². The summed E-state index contributed by atoms with van der Waals surface area (Å²) in [5.41, 5.74) is 0. The van der Waals surface area contributed by atoms with Gasteiger partial charge < -0.3 is 5.11 Å². The highest BCUT2D eigenvalue weighted by molar-refractivity contribution is 8.76. The van der Waals surface area contributed by atoms with Crippen LogP contribution in [0.3, 0.4) is 0 Å². The Balaban J connectivity index is 0. The van der Waals surface area contributed by atoms with Gasteiger partial charge >= 0.3 is 0 Å². The summed E-state index contributed by atoms with van der Waals surface area (Å²) in [4.78, 5) is 10.7. The van der Waals surface area contributed by atoms with E-state index in [-0.39, 0.29) is 4.38 Å². The molecule has 0 spiro atoms. The molecule has 0 aliphatic heterocycles. The van der Waals surface area contributed by atoms with E-state index in [1.54, 1.807) is 21.6 Å². The zero-order valence-corrected chi connectivity index (χ0v) is 11.0. The zero-order valence-electron chi connectivity index (χ0n) is 7.69. The highest BCUT2D eigenvalue weighted by atomic mass is 33.1. The molecule has 0 atom stereocenters. The summed E-state index contributed by atoms with van der Waals surface area (Å²) < 4.78 is -0.306. The molecule has 80 valence electrons. The Kier molecular flexibility index (Phi) is 18.0. The van der Waals surface area contributed by atoms with Crippen molar-refractivity contribution in [3.63, 3.8) is 0 Å². The second-order valence-corrected chi connectivity index (χ2v) is 5.19. The molecule has 1 rings (SSSR count). The molecule has 14 heavy (non-hydrogen) atoms. The summed E-state index contributed by atoms with van der Waals surface area (Å²) in [6.07, 6.45) is 8.43. The topological polar surface area (TPSA) is 58.9 Å². The summed E-state index contributed by atoms with van der Waals surface area (Å²) in [5, 5.41) is 7.65. The summed E-state index contributed by atoms with van der Waals surface area (Å²) in [6.45, 7) is 0. The van der Waals surface area contributed by atoms with Crippen LogP contribution in [0.4, 0.5) is 0 Å². The Labute approximate surface area is 102 Å².